The van der Waals surface area contributed by atoms with E-state index in [1.807, 2.05) is 0 Å². The van der Waals surface area contributed by atoms with Gasteiger partial charge in [-0.25, -0.2) is 4.79 Å². The minimum atomic E-state index is -0.555. The van der Waals surface area contributed by atoms with Crippen molar-refractivity contribution in [2.75, 3.05) is 13.1 Å². The lowest BCUT2D eigenvalue weighted by molar-refractivity contribution is 0.0524. The highest BCUT2D eigenvalue weighted by atomic mass is 35.5. The SMILES string of the molecule is CC(C)(C)OC(=O)NCC(CN)c1cc(Cl)ccc1O. The zero-order valence-electron chi connectivity index (χ0n) is 11.9. The monoisotopic (exact) mass is 300 g/mol. The number of nitrogens with one attached hydrogen (secondary N) is 1. The van der Waals surface area contributed by atoms with Crippen molar-refractivity contribution >= 4 is 17.7 Å². The van der Waals surface area contributed by atoms with Gasteiger partial charge in [-0.2, -0.15) is 0 Å². The van der Waals surface area contributed by atoms with Crippen LogP contribution < -0.4 is 11.1 Å². The van der Waals surface area contributed by atoms with E-state index in [1.165, 1.54) is 6.07 Å². The summed E-state index contributed by atoms with van der Waals surface area (Å²) in [5, 5.41) is 13.0. The summed E-state index contributed by atoms with van der Waals surface area (Å²) in [5.74, 6) is -0.128. The lowest BCUT2D eigenvalue weighted by Crippen LogP contribution is -2.36. The average molecular weight is 301 g/mol. The number of ether oxygens (including phenoxy) is 1. The van der Waals surface area contributed by atoms with Crippen LogP contribution in [0.2, 0.25) is 5.02 Å². The summed E-state index contributed by atoms with van der Waals surface area (Å²) in [7, 11) is 0. The maximum atomic E-state index is 11.6. The molecule has 6 heteroatoms. The number of rotatable bonds is 4. The van der Waals surface area contributed by atoms with E-state index in [-0.39, 0.29) is 24.8 Å². The molecule has 4 N–H and O–H groups in total. The fourth-order valence-corrected chi connectivity index (χ4v) is 1.87. The number of phenols is 1. The van der Waals surface area contributed by atoms with Crippen molar-refractivity contribution in [1.29, 1.82) is 0 Å². The van der Waals surface area contributed by atoms with Gasteiger partial charge in [0, 0.05) is 29.6 Å². The molecule has 0 saturated heterocycles. The topological polar surface area (TPSA) is 84.6 Å². The van der Waals surface area contributed by atoms with E-state index in [4.69, 9.17) is 22.1 Å². The molecule has 0 radical (unpaired) electrons. The van der Waals surface area contributed by atoms with Crippen LogP contribution in [0.1, 0.15) is 32.3 Å². The van der Waals surface area contributed by atoms with Crippen molar-refractivity contribution in [1.82, 2.24) is 5.32 Å². The summed E-state index contributed by atoms with van der Waals surface area (Å²) in [6.07, 6.45) is -0.516. The first kappa shape index (κ1) is 16.6. The van der Waals surface area contributed by atoms with E-state index in [9.17, 15) is 9.90 Å². The Hall–Kier alpha value is -1.46. The second-order valence-corrected chi connectivity index (χ2v) is 5.95. The number of amides is 1. The Morgan fingerprint density at radius 2 is 2.15 bits per heavy atom. The third-order valence-corrected chi connectivity index (χ3v) is 2.84. The molecule has 0 fully saturated rings. The summed E-state index contributed by atoms with van der Waals surface area (Å²) in [4.78, 5) is 11.6. The number of carbonyl (C=O) groups is 1. The number of alkyl carbamates (subject to hydrolysis) is 1. The number of hydrogen-bond acceptors (Lipinski definition) is 4. The van der Waals surface area contributed by atoms with Crippen molar-refractivity contribution in [2.45, 2.75) is 32.3 Å². The van der Waals surface area contributed by atoms with Crippen LogP contribution in [0.4, 0.5) is 4.79 Å². The highest BCUT2D eigenvalue weighted by molar-refractivity contribution is 6.30. The van der Waals surface area contributed by atoms with Crippen LogP contribution in [0.25, 0.3) is 0 Å². The van der Waals surface area contributed by atoms with Gasteiger partial charge < -0.3 is 20.9 Å². The molecule has 1 unspecified atom stereocenters. The molecule has 0 aliphatic rings. The van der Waals surface area contributed by atoms with Crippen LogP contribution in [0.15, 0.2) is 18.2 Å². The Morgan fingerprint density at radius 1 is 1.50 bits per heavy atom. The van der Waals surface area contributed by atoms with Gasteiger partial charge in [0.2, 0.25) is 0 Å². The number of phenolic OH excluding ortho intramolecular Hbond substituents is 1. The maximum absolute atomic E-state index is 11.6. The maximum Gasteiger partial charge on any atom is 0.407 e. The molecule has 1 aromatic carbocycles. The van der Waals surface area contributed by atoms with E-state index in [0.717, 1.165) is 0 Å². The van der Waals surface area contributed by atoms with Crippen molar-refractivity contribution in [2.24, 2.45) is 5.73 Å². The van der Waals surface area contributed by atoms with Gasteiger partial charge in [-0.15, -0.1) is 0 Å². The number of benzene rings is 1. The molecule has 0 aliphatic heterocycles. The number of halogens is 1. The fraction of sp³-hybridized carbons (Fsp3) is 0.500. The molecule has 112 valence electrons. The lowest BCUT2D eigenvalue weighted by Gasteiger charge is -2.22. The molecule has 0 bridgehead atoms. The standard InChI is InChI=1S/C14H21ClN2O3/c1-14(2,3)20-13(19)17-8-9(7-16)11-6-10(15)4-5-12(11)18/h4-6,9,18H,7-8,16H2,1-3H3,(H,17,19). The number of hydrogen-bond donors (Lipinski definition) is 3. The van der Waals surface area contributed by atoms with Gasteiger partial charge in [-0.1, -0.05) is 11.6 Å². The van der Waals surface area contributed by atoms with Crippen molar-refractivity contribution in [3.05, 3.63) is 28.8 Å². The van der Waals surface area contributed by atoms with E-state index < -0.39 is 11.7 Å². The van der Waals surface area contributed by atoms with Crippen molar-refractivity contribution < 1.29 is 14.6 Å². The van der Waals surface area contributed by atoms with Gasteiger partial charge in [-0.05, 0) is 39.0 Å². The molecule has 1 amide bonds. The van der Waals surface area contributed by atoms with Gasteiger partial charge in [-0.3, -0.25) is 0 Å². The van der Waals surface area contributed by atoms with Crippen LogP contribution in [-0.2, 0) is 4.74 Å². The largest absolute Gasteiger partial charge is 0.508 e. The Kier molecular flexibility index (Phi) is 5.65. The minimum absolute atomic E-state index is 0.107. The average Bonchev–Trinajstić information content (AvgIpc) is 2.32. The normalized spacial score (nSPS) is 12.8. The number of aromatic hydroxyl groups is 1. The van der Waals surface area contributed by atoms with Gasteiger partial charge in [0.05, 0.1) is 0 Å². The van der Waals surface area contributed by atoms with Gasteiger partial charge in [0.1, 0.15) is 11.4 Å². The quantitative estimate of drug-likeness (QED) is 0.798. The molecule has 1 aromatic rings. The predicted octanol–water partition coefficient (Wildman–Crippen LogP) is 2.61. The number of nitrogens with two attached hydrogens (primary N) is 1. The summed E-state index contributed by atoms with van der Waals surface area (Å²) in [6, 6.07) is 4.74. The first-order valence-corrected chi connectivity index (χ1v) is 6.76. The van der Waals surface area contributed by atoms with Crippen molar-refractivity contribution in [3.63, 3.8) is 0 Å². The van der Waals surface area contributed by atoms with Crippen LogP contribution in [0, 0.1) is 0 Å². The zero-order chi connectivity index (χ0) is 15.3. The summed E-state index contributed by atoms with van der Waals surface area (Å²) < 4.78 is 5.14. The summed E-state index contributed by atoms with van der Waals surface area (Å²) in [6.45, 7) is 5.89. The third kappa shape index (κ3) is 5.27. The Bertz CT molecular complexity index is 472. The van der Waals surface area contributed by atoms with Crippen LogP contribution in [0.3, 0.4) is 0 Å². The van der Waals surface area contributed by atoms with Crippen LogP contribution >= 0.6 is 11.6 Å². The van der Waals surface area contributed by atoms with Gasteiger partial charge in [0.15, 0.2) is 0 Å². The third-order valence-electron chi connectivity index (χ3n) is 2.61. The molecule has 0 aromatic heterocycles. The summed E-state index contributed by atoms with van der Waals surface area (Å²) in [5.41, 5.74) is 5.74. The van der Waals surface area contributed by atoms with E-state index in [0.29, 0.717) is 10.6 Å². The van der Waals surface area contributed by atoms with Gasteiger partial charge >= 0.3 is 6.09 Å². The second-order valence-electron chi connectivity index (χ2n) is 5.52. The molecular formula is C14H21ClN2O3. The molecule has 20 heavy (non-hydrogen) atoms. The highest BCUT2D eigenvalue weighted by Crippen LogP contribution is 2.28. The highest BCUT2D eigenvalue weighted by Gasteiger charge is 2.19. The Morgan fingerprint density at radius 3 is 2.70 bits per heavy atom. The van der Waals surface area contributed by atoms with Gasteiger partial charge in [0.25, 0.3) is 0 Å². The van der Waals surface area contributed by atoms with Crippen LogP contribution in [-0.4, -0.2) is 29.9 Å². The van der Waals surface area contributed by atoms with E-state index in [1.54, 1.807) is 32.9 Å². The number of carbonyl (C=O) groups excluding carboxylic acids is 1. The molecule has 5 nitrogen and oxygen atoms in total. The smallest absolute Gasteiger partial charge is 0.407 e. The molecule has 0 spiro atoms. The van der Waals surface area contributed by atoms with E-state index >= 15 is 0 Å². The Labute approximate surface area is 124 Å². The molecule has 0 aliphatic carbocycles. The molecule has 0 heterocycles. The first-order chi connectivity index (χ1) is 9.23. The van der Waals surface area contributed by atoms with Crippen LogP contribution in [0.5, 0.6) is 5.75 Å². The predicted molar refractivity (Wildman–Crippen MR) is 79.1 cm³/mol. The minimum Gasteiger partial charge on any atom is -0.508 e. The second kappa shape index (κ2) is 6.81. The molecule has 0 saturated carbocycles. The first-order valence-electron chi connectivity index (χ1n) is 6.38. The fourth-order valence-electron chi connectivity index (χ4n) is 1.69. The Balaban J connectivity index is 2.68. The van der Waals surface area contributed by atoms with E-state index in [2.05, 4.69) is 5.32 Å². The lowest BCUT2D eigenvalue weighted by atomic mass is 9.98. The summed E-state index contributed by atoms with van der Waals surface area (Å²) >= 11 is 5.90. The zero-order valence-corrected chi connectivity index (χ0v) is 12.7. The van der Waals surface area contributed by atoms with Crippen molar-refractivity contribution in [3.8, 4) is 5.75 Å². The molecule has 1 atom stereocenters. The molecular weight excluding hydrogens is 280 g/mol. The molecule has 1 rings (SSSR count).